The van der Waals surface area contributed by atoms with Gasteiger partial charge in [-0.3, -0.25) is 4.79 Å². The third-order valence-electron chi connectivity index (χ3n) is 5.26. The molecule has 2 rings (SSSR count). The molecule has 2 aliphatic rings. The van der Waals surface area contributed by atoms with Gasteiger partial charge in [0.2, 0.25) is 5.91 Å². The van der Waals surface area contributed by atoms with Gasteiger partial charge in [-0.2, -0.15) is 11.8 Å². The maximum absolute atomic E-state index is 10.5. The summed E-state index contributed by atoms with van der Waals surface area (Å²) < 4.78 is 15.9. The summed E-state index contributed by atoms with van der Waals surface area (Å²) in [6.45, 7) is 9.46. The molecule has 1 saturated heterocycles. The summed E-state index contributed by atoms with van der Waals surface area (Å²) in [4.78, 5) is 21.1. The normalized spacial score (nSPS) is 23.3. The SMILES string of the molecule is CC(C)=CCOC(C)C1CCCC[C@]12CO2.COC.CSCCC(NC(C)=O)C(=O)O. The minimum atomic E-state index is -0.973. The third kappa shape index (κ3) is 13.1. The summed E-state index contributed by atoms with van der Waals surface area (Å²) in [6, 6.07) is -0.741. The summed E-state index contributed by atoms with van der Waals surface area (Å²) in [6.07, 6.45) is 10.0. The molecule has 1 saturated carbocycles. The van der Waals surface area contributed by atoms with Gasteiger partial charge in [-0.15, -0.1) is 0 Å². The largest absolute Gasteiger partial charge is 0.480 e. The Labute approximate surface area is 192 Å². The van der Waals surface area contributed by atoms with E-state index in [4.69, 9.17) is 14.6 Å². The molecule has 3 unspecified atom stereocenters. The van der Waals surface area contributed by atoms with Crippen LogP contribution in [-0.4, -0.2) is 74.2 Å². The molecule has 0 aromatic rings. The molecule has 31 heavy (non-hydrogen) atoms. The van der Waals surface area contributed by atoms with Crippen LogP contribution in [0.25, 0.3) is 0 Å². The minimum Gasteiger partial charge on any atom is -0.480 e. The number of hydrogen-bond acceptors (Lipinski definition) is 6. The summed E-state index contributed by atoms with van der Waals surface area (Å²) in [5, 5.41) is 11.0. The van der Waals surface area contributed by atoms with Crippen molar-refractivity contribution in [1.29, 1.82) is 0 Å². The molecule has 1 heterocycles. The van der Waals surface area contributed by atoms with Crippen molar-refractivity contribution in [3.8, 4) is 0 Å². The van der Waals surface area contributed by atoms with Crippen molar-refractivity contribution in [2.45, 2.75) is 77.5 Å². The third-order valence-corrected chi connectivity index (χ3v) is 5.90. The second-order valence-electron chi connectivity index (χ2n) is 8.31. The fourth-order valence-electron chi connectivity index (χ4n) is 3.57. The quantitative estimate of drug-likeness (QED) is 0.397. The average molecular weight is 462 g/mol. The lowest BCUT2D eigenvalue weighted by molar-refractivity contribution is -0.141. The number of allylic oxidation sites excluding steroid dienone is 1. The van der Waals surface area contributed by atoms with E-state index in [2.05, 4.69) is 36.9 Å². The van der Waals surface area contributed by atoms with Crippen molar-refractivity contribution in [3.63, 3.8) is 0 Å². The molecule has 1 aliphatic heterocycles. The molecule has 2 N–H and O–H groups in total. The summed E-state index contributed by atoms with van der Waals surface area (Å²) in [5.41, 5.74) is 1.54. The Kier molecular flexibility index (Phi) is 15.9. The number of carbonyl (C=O) groups is 2. The van der Waals surface area contributed by atoms with Gasteiger partial charge in [0.15, 0.2) is 0 Å². The van der Waals surface area contributed by atoms with E-state index in [-0.39, 0.29) is 11.5 Å². The van der Waals surface area contributed by atoms with Gasteiger partial charge in [0.1, 0.15) is 6.04 Å². The maximum atomic E-state index is 10.5. The number of aliphatic carboxylic acids is 1. The Bertz CT molecular complexity index is 546. The second kappa shape index (κ2) is 16.5. The van der Waals surface area contributed by atoms with E-state index in [0.717, 1.165) is 19.0 Å². The van der Waals surface area contributed by atoms with Crippen LogP contribution in [0.4, 0.5) is 0 Å². The number of epoxide rings is 1. The van der Waals surface area contributed by atoms with Crippen molar-refractivity contribution in [2.24, 2.45) is 5.92 Å². The lowest BCUT2D eigenvalue weighted by atomic mass is 9.76. The van der Waals surface area contributed by atoms with E-state index >= 15 is 0 Å². The number of amides is 1. The predicted molar refractivity (Wildman–Crippen MR) is 127 cm³/mol. The minimum absolute atomic E-state index is 0.211. The zero-order valence-electron chi connectivity index (χ0n) is 20.4. The first-order chi connectivity index (χ1) is 14.6. The summed E-state index contributed by atoms with van der Waals surface area (Å²) in [7, 11) is 3.25. The Morgan fingerprint density at radius 3 is 2.35 bits per heavy atom. The highest BCUT2D eigenvalue weighted by Gasteiger charge is 2.54. The van der Waals surface area contributed by atoms with Crippen LogP contribution in [0.1, 0.15) is 59.8 Å². The molecule has 7 nitrogen and oxygen atoms in total. The summed E-state index contributed by atoms with van der Waals surface area (Å²) >= 11 is 1.56. The number of methoxy groups -OCH3 is 1. The number of carbonyl (C=O) groups excluding carboxylic acids is 1. The molecule has 182 valence electrons. The molecule has 0 bridgehead atoms. The van der Waals surface area contributed by atoms with Crippen molar-refractivity contribution >= 4 is 23.6 Å². The van der Waals surface area contributed by atoms with Gasteiger partial charge in [0, 0.05) is 27.1 Å². The highest BCUT2D eigenvalue weighted by molar-refractivity contribution is 7.98. The molecular formula is C23H43NO6S. The van der Waals surface area contributed by atoms with Crippen molar-refractivity contribution in [3.05, 3.63) is 11.6 Å². The van der Waals surface area contributed by atoms with E-state index in [9.17, 15) is 9.59 Å². The van der Waals surface area contributed by atoms with Crippen molar-refractivity contribution in [2.75, 3.05) is 39.4 Å². The molecule has 4 atom stereocenters. The monoisotopic (exact) mass is 461 g/mol. The Morgan fingerprint density at radius 1 is 1.29 bits per heavy atom. The van der Waals surface area contributed by atoms with Gasteiger partial charge >= 0.3 is 5.97 Å². The smallest absolute Gasteiger partial charge is 0.326 e. The molecule has 0 aromatic carbocycles. The molecule has 1 spiro atoms. The zero-order chi connectivity index (χ0) is 23.9. The fraction of sp³-hybridized carbons (Fsp3) is 0.826. The van der Waals surface area contributed by atoms with Crippen molar-refractivity contribution < 1.29 is 28.9 Å². The number of carboxylic acid groups (broad SMARTS) is 1. The lowest BCUT2D eigenvalue weighted by Crippen LogP contribution is -2.39. The number of thioether (sulfide) groups is 1. The van der Waals surface area contributed by atoms with Crippen LogP contribution in [0.2, 0.25) is 0 Å². The van der Waals surface area contributed by atoms with E-state index in [1.807, 2.05) is 6.26 Å². The van der Waals surface area contributed by atoms with Gasteiger partial charge in [-0.05, 0) is 52.0 Å². The van der Waals surface area contributed by atoms with Gasteiger partial charge in [0.05, 0.1) is 24.9 Å². The number of rotatable bonds is 9. The Balaban J connectivity index is 0.000000535. The first-order valence-corrected chi connectivity index (χ1v) is 12.3. The van der Waals surface area contributed by atoms with Crippen LogP contribution >= 0.6 is 11.8 Å². The van der Waals surface area contributed by atoms with E-state index in [0.29, 0.717) is 18.4 Å². The molecule has 8 heteroatoms. The van der Waals surface area contributed by atoms with Crippen LogP contribution < -0.4 is 5.32 Å². The topological polar surface area (TPSA) is 97.4 Å². The first kappa shape index (κ1) is 29.9. The van der Waals surface area contributed by atoms with Crippen LogP contribution in [0.3, 0.4) is 0 Å². The molecule has 0 radical (unpaired) electrons. The van der Waals surface area contributed by atoms with Gasteiger partial charge in [-0.1, -0.05) is 24.5 Å². The van der Waals surface area contributed by atoms with Gasteiger partial charge in [-0.25, -0.2) is 4.79 Å². The van der Waals surface area contributed by atoms with Gasteiger partial charge in [0.25, 0.3) is 0 Å². The number of ether oxygens (including phenoxy) is 3. The van der Waals surface area contributed by atoms with Crippen LogP contribution in [-0.2, 0) is 23.8 Å². The van der Waals surface area contributed by atoms with Crippen LogP contribution in [0, 0.1) is 5.92 Å². The van der Waals surface area contributed by atoms with E-state index in [1.54, 1.807) is 26.0 Å². The summed E-state index contributed by atoms with van der Waals surface area (Å²) in [5.74, 6) is 0.0756. The second-order valence-corrected chi connectivity index (χ2v) is 9.29. The zero-order valence-corrected chi connectivity index (χ0v) is 21.2. The maximum Gasteiger partial charge on any atom is 0.326 e. The van der Waals surface area contributed by atoms with Crippen molar-refractivity contribution in [1.82, 2.24) is 5.32 Å². The van der Waals surface area contributed by atoms with E-state index in [1.165, 1.54) is 38.2 Å². The highest BCUT2D eigenvalue weighted by Crippen LogP contribution is 2.48. The fourth-order valence-corrected chi connectivity index (χ4v) is 4.04. The average Bonchev–Trinajstić information content (AvgIpc) is 3.45. The van der Waals surface area contributed by atoms with Crippen LogP contribution in [0.15, 0.2) is 11.6 Å². The highest BCUT2D eigenvalue weighted by atomic mass is 32.2. The molecule has 2 fully saturated rings. The Morgan fingerprint density at radius 2 is 1.90 bits per heavy atom. The molecular weight excluding hydrogens is 418 g/mol. The molecule has 1 aliphatic carbocycles. The molecule has 0 aromatic heterocycles. The Hall–Kier alpha value is -1.09. The first-order valence-electron chi connectivity index (χ1n) is 10.9. The number of hydrogen-bond donors (Lipinski definition) is 2. The van der Waals surface area contributed by atoms with Gasteiger partial charge < -0.3 is 24.6 Å². The number of nitrogens with one attached hydrogen (secondary N) is 1. The lowest BCUT2D eigenvalue weighted by Gasteiger charge is -2.33. The van der Waals surface area contributed by atoms with Crippen LogP contribution in [0.5, 0.6) is 0 Å². The standard InChI is InChI=1S/C14H24O2.C7H13NO3S.C2H6O/c1-11(2)7-9-15-12(3)13-6-4-5-8-14(13)10-16-14;1-5(9)8-6(7(10)11)3-4-12-2;1-3-2/h7,12-13H,4-6,8-10H2,1-3H3;6H,3-4H2,1-2H3,(H,8,9)(H,10,11);1-2H3/t12?,13?,14-;;/m0../s1. The predicted octanol–water partition coefficient (Wildman–Crippen LogP) is 3.91. The molecule has 1 amide bonds. The number of carboxylic acids is 1. The van der Waals surface area contributed by atoms with E-state index < -0.39 is 12.0 Å².